The number of nitrogens with zero attached hydrogens (tertiary/aromatic N) is 3. The molecule has 1 aromatic carbocycles. The summed E-state index contributed by atoms with van der Waals surface area (Å²) < 4.78 is 39.0. The molecule has 260 valence electrons. The number of likely N-dealkylation sites (tertiary alicyclic amines) is 2. The molecule has 1 aromatic heterocycles. The van der Waals surface area contributed by atoms with Crippen molar-refractivity contribution in [1.29, 1.82) is 0 Å². The molecule has 13 nitrogen and oxygen atoms in total. The third kappa shape index (κ3) is 6.19. The van der Waals surface area contributed by atoms with Gasteiger partial charge >= 0.3 is 5.97 Å². The number of rotatable bonds is 12. The van der Waals surface area contributed by atoms with Crippen molar-refractivity contribution in [2.45, 2.75) is 88.3 Å². The van der Waals surface area contributed by atoms with E-state index in [2.05, 4.69) is 16.3 Å². The fraction of sp³-hybridized carbons (Fsp3) is 0.543. The molecule has 5 aliphatic rings. The lowest BCUT2D eigenvalue weighted by Crippen LogP contribution is -2.48. The molecule has 49 heavy (non-hydrogen) atoms. The molecular formula is C35H40N4O9S. The number of hydrogen-bond donors (Lipinski definition) is 1. The summed E-state index contributed by atoms with van der Waals surface area (Å²) in [6, 6.07) is 6.10. The average molecular weight is 693 g/mol. The Morgan fingerprint density at radius 3 is 2.61 bits per heavy atom. The fourth-order valence-corrected chi connectivity index (χ4v) is 9.02. The number of Topliss-reactive ketones (excluding diaryl/α,β-unsaturated/α-hetero) is 1. The summed E-state index contributed by atoms with van der Waals surface area (Å²) in [4.78, 5) is 74.3. The standard InChI is InChI=1S/C35H40N4O9S/c1-4-22-15-35(22,34(44)37-49(45,46)25-6-7-25)16-29(40)27-13-23(47-31-26-8-5-19(2)11-21(26)9-10-36-31)18-39(27)32(42)20(3)12-30(41)38-17-24-14-28(38)33(43)48-24/h4-5,8-11,20,22-25,27-28H,1,6-7,12-18H2,2-3H3,(H,37,44)/t20-,22+,23?,24+,27-,28+,35+/m0/s1. The van der Waals surface area contributed by atoms with Crippen LogP contribution in [0.5, 0.6) is 5.88 Å². The second kappa shape index (κ2) is 12.2. The van der Waals surface area contributed by atoms with Crippen molar-refractivity contribution >= 4 is 50.3 Å². The second-order valence-corrected chi connectivity index (χ2v) is 16.3. The first-order valence-electron chi connectivity index (χ1n) is 16.8. The number of aryl methyl sites for hydroxylation is 1. The lowest BCUT2D eigenvalue weighted by molar-refractivity contribution is -0.157. The molecule has 3 aliphatic heterocycles. The predicted octanol–water partition coefficient (Wildman–Crippen LogP) is 2.20. The fourth-order valence-electron chi connectivity index (χ4n) is 7.64. The Labute approximate surface area is 284 Å². The quantitative estimate of drug-likeness (QED) is 0.257. The Balaban J connectivity index is 1.11. The van der Waals surface area contributed by atoms with Gasteiger partial charge in [-0.05, 0) is 49.6 Å². The third-order valence-corrected chi connectivity index (χ3v) is 12.5. The Morgan fingerprint density at radius 1 is 1.16 bits per heavy atom. The van der Waals surface area contributed by atoms with Gasteiger partial charge in [0.25, 0.3) is 0 Å². The van der Waals surface area contributed by atoms with Crippen molar-refractivity contribution in [3.63, 3.8) is 0 Å². The van der Waals surface area contributed by atoms with Gasteiger partial charge in [-0.25, -0.2) is 18.2 Å². The van der Waals surface area contributed by atoms with Gasteiger partial charge in [0.1, 0.15) is 18.2 Å². The van der Waals surface area contributed by atoms with Gasteiger partial charge in [-0.2, -0.15) is 0 Å². The first-order chi connectivity index (χ1) is 23.3. The van der Waals surface area contributed by atoms with E-state index in [-0.39, 0.29) is 44.2 Å². The van der Waals surface area contributed by atoms with Crippen molar-refractivity contribution in [2.24, 2.45) is 17.3 Å². The Hall–Kier alpha value is -4.33. The van der Waals surface area contributed by atoms with Gasteiger partial charge in [0, 0.05) is 43.2 Å². The minimum Gasteiger partial charge on any atom is -0.472 e. The van der Waals surface area contributed by atoms with Crippen LogP contribution < -0.4 is 9.46 Å². The predicted molar refractivity (Wildman–Crippen MR) is 175 cm³/mol. The van der Waals surface area contributed by atoms with Gasteiger partial charge in [-0.1, -0.05) is 30.7 Å². The molecule has 7 atom stereocenters. The molecule has 0 radical (unpaired) electrons. The highest BCUT2D eigenvalue weighted by molar-refractivity contribution is 7.90. The SMILES string of the molecule is C=C[C@@H]1C[C@]1(CC(=O)[C@@H]1CC(Oc2nccc3cc(C)ccc23)CN1C(=O)[C@@H](C)CC(=O)N1C[C@H]2C[C@@H]1C(=O)O2)C(=O)NS(=O)(=O)C1CC1. The summed E-state index contributed by atoms with van der Waals surface area (Å²) in [5.74, 6) is -3.20. The summed E-state index contributed by atoms with van der Waals surface area (Å²) in [6.45, 7) is 7.71. The minimum absolute atomic E-state index is 0.0403. The number of carbonyl (C=O) groups is 5. The van der Waals surface area contributed by atoms with Crippen molar-refractivity contribution in [2.75, 3.05) is 13.1 Å². The highest BCUT2D eigenvalue weighted by atomic mass is 32.2. The number of amides is 3. The van der Waals surface area contributed by atoms with Crippen LogP contribution in [0.15, 0.2) is 43.1 Å². The zero-order valence-corrected chi connectivity index (χ0v) is 28.3. The van der Waals surface area contributed by atoms with E-state index in [4.69, 9.17) is 9.47 Å². The van der Waals surface area contributed by atoms with Crippen LogP contribution in [0.3, 0.4) is 0 Å². The van der Waals surface area contributed by atoms with Gasteiger partial charge in [0.2, 0.25) is 33.6 Å². The number of benzene rings is 1. The van der Waals surface area contributed by atoms with Crippen LogP contribution in [0.4, 0.5) is 0 Å². The maximum Gasteiger partial charge on any atom is 0.329 e. The molecule has 5 fully saturated rings. The molecule has 2 bridgehead atoms. The van der Waals surface area contributed by atoms with E-state index in [0.717, 1.165) is 16.3 Å². The molecule has 0 spiro atoms. The number of carbonyl (C=O) groups excluding carboxylic acids is 5. The molecule has 2 aliphatic carbocycles. The lowest BCUT2D eigenvalue weighted by Gasteiger charge is -2.29. The summed E-state index contributed by atoms with van der Waals surface area (Å²) >= 11 is 0. The van der Waals surface area contributed by atoms with Gasteiger partial charge in [-0.15, -0.1) is 6.58 Å². The number of pyridine rings is 1. The van der Waals surface area contributed by atoms with Crippen molar-refractivity contribution in [3.8, 4) is 5.88 Å². The van der Waals surface area contributed by atoms with Crippen molar-refractivity contribution in [1.82, 2.24) is 19.5 Å². The number of allylic oxidation sites excluding steroid dienone is 1. The normalized spacial score (nSPS) is 29.4. The summed E-state index contributed by atoms with van der Waals surface area (Å²) in [6.07, 6.45) is 3.58. The Kier molecular flexibility index (Phi) is 8.27. The minimum atomic E-state index is -3.84. The molecule has 3 amide bonds. The Bertz CT molecular complexity index is 1880. The van der Waals surface area contributed by atoms with Crippen LogP contribution >= 0.6 is 0 Å². The van der Waals surface area contributed by atoms with E-state index >= 15 is 0 Å². The molecular weight excluding hydrogens is 652 g/mol. The Morgan fingerprint density at radius 2 is 1.94 bits per heavy atom. The number of aromatic nitrogens is 1. The molecule has 1 N–H and O–H groups in total. The number of ether oxygens (including phenoxy) is 2. The van der Waals surface area contributed by atoms with E-state index < -0.39 is 74.3 Å². The molecule has 2 aromatic rings. The topological polar surface area (TPSA) is 169 Å². The number of hydrogen-bond acceptors (Lipinski definition) is 10. The van der Waals surface area contributed by atoms with Crippen LogP contribution in [-0.2, 0) is 38.7 Å². The van der Waals surface area contributed by atoms with Crippen LogP contribution in [0.1, 0.15) is 57.4 Å². The number of nitrogens with one attached hydrogen (secondary N) is 1. The molecule has 14 heteroatoms. The van der Waals surface area contributed by atoms with E-state index in [1.165, 1.54) is 9.80 Å². The molecule has 1 unspecified atom stereocenters. The molecule has 2 saturated carbocycles. The molecule has 7 rings (SSSR count). The highest BCUT2D eigenvalue weighted by Crippen LogP contribution is 2.57. The van der Waals surface area contributed by atoms with E-state index in [0.29, 0.717) is 31.7 Å². The van der Waals surface area contributed by atoms with Gasteiger partial charge < -0.3 is 19.3 Å². The monoisotopic (exact) mass is 692 g/mol. The number of sulfonamides is 1. The van der Waals surface area contributed by atoms with Gasteiger partial charge in [0.15, 0.2) is 5.78 Å². The van der Waals surface area contributed by atoms with Crippen LogP contribution in [0.25, 0.3) is 10.8 Å². The average Bonchev–Trinajstić information content (AvgIpc) is 3.91. The first-order valence-corrected chi connectivity index (χ1v) is 18.4. The zero-order valence-electron chi connectivity index (χ0n) is 27.5. The number of fused-ring (bicyclic) bond motifs is 3. The zero-order chi connectivity index (χ0) is 34.8. The van der Waals surface area contributed by atoms with Gasteiger partial charge in [-0.3, -0.25) is 23.9 Å². The number of esters is 1. The maximum absolute atomic E-state index is 14.2. The molecule has 4 heterocycles. The lowest BCUT2D eigenvalue weighted by atomic mass is 9.91. The van der Waals surface area contributed by atoms with Crippen LogP contribution in [-0.4, -0.2) is 95.3 Å². The van der Waals surface area contributed by atoms with E-state index in [1.54, 1.807) is 19.2 Å². The number of ketones is 1. The third-order valence-electron chi connectivity index (χ3n) is 10.7. The van der Waals surface area contributed by atoms with Crippen LogP contribution in [0.2, 0.25) is 0 Å². The van der Waals surface area contributed by atoms with Crippen molar-refractivity contribution < 1.29 is 41.9 Å². The summed E-state index contributed by atoms with van der Waals surface area (Å²) in [5, 5.41) is 1.09. The van der Waals surface area contributed by atoms with Gasteiger partial charge in [0.05, 0.1) is 29.8 Å². The van der Waals surface area contributed by atoms with E-state index in [1.807, 2.05) is 31.2 Å². The highest BCUT2D eigenvalue weighted by Gasteiger charge is 2.61. The van der Waals surface area contributed by atoms with E-state index in [9.17, 15) is 32.4 Å². The number of morpholine rings is 1. The molecule has 3 saturated heterocycles. The van der Waals surface area contributed by atoms with Crippen molar-refractivity contribution in [3.05, 3.63) is 48.7 Å². The second-order valence-electron chi connectivity index (χ2n) is 14.3. The smallest absolute Gasteiger partial charge is 0.329 e. The summed E-state index contributed by atoms with van der Waals surface area (Å²) in [5.41, 5.74) is -0.217. The first kappa shape index (κ1) is 33.2. The maximum atomic E-state index is 14.2. The summed E-state index contributed by atoms with van der Waals surface area (Å²) in [7, 11) is -3.84. The van der Waals surface area contributed by atoms with Crippen LogP contribution in [0, 0.1) is 24.2 Å². The largest absolute Gasteiger partial charge is 0.472 e.